The molecule has 0 radical (unpaired) electrons. The average molecular weight is 359 g/mol. The molecule has 0 fully saturated rings. The van der Waals surface area contributed by atoms with Crippen LogP contribution >= 0.6 is 0 Å². The van der Waals surface area contributed by atoms with E-state index in [1.807, 2.05) is 13.0 Å². The number of carbonyl (C=O) groups excluding carboxylic acids is 1. The summed E-state index contributed by atoms with van der Waals surface area (Å²) < 4.78 is 21.7. The van der Waals surface area contributed by atoms with Gasteiger partial charge >= 0.3 is 5.97 Å². The van der Waals surface area contributed by atoms with Gasteiger partial charge in [-0.3, -0.25) is 9.78 Å². The van der Waals surface area contributed by atoms with Gasteiger partial charge in [-0.15, -0.1) is 0 Å². The predicted molar refractivity (Wildman–Crippen MR) is 98.3 cm³/mol. The highest BCUT2D eigenvalue weighted by molar-refractivity contribution is 5.95. The highest BCUT2D eigenvalue weighted by Gasteiger charge is 2.28. The molecule has 0 saturated heterocycles. The molecule has 1 atom stereocenters. The SMILES string of the molecule is CCOC(=O)CC1CCCc2c1ncc1c(OC)c(OC)c(OC)cc21. The van der Waals surface area contributed by atoms with Gasteiger partial charge in [-0.05, 0) is 43.2 Å². The number of methoxy groups -OCH3 is 3. The van der Waals surface area contributed by atoms with Crippen molar-refractivity contribution in [3.05, 3.63) is 23.5 Å². The van der Waals surface area contributed by atoms with Crippen molar-refractivity contribution in [2.45, 2.75) is 38.5 Å². The summed E-state index contributed by atoms with van der Waals surface area (Å²) in [5, 5.41) is 1.93. The van der Waals surface area contributed by atoms with Crippen LogP contribution in [0.2, 0.25) is 0 Å². The molecular weight excluding hydrogens is 334 g/mol. The zero-order chi connectivity index (χ0) is 18.7. The number of aryl methyl sites for hydroxylation is 1. The molecule has 0 N–H and O–H groups in total. The van der Waals surface area contributed by atoms with E-state index in [1.165, 1.54) is 0 Å². The molecule has 0 saturated carbocycles. The van der Waals surface area contributed by atoms with E-state index in [0.717, 1.165) is 41.3 Å². The number of aromatic nitrogens is 1. The van der Waals surface area contributed by atoms with Gasteiger partial charge in [0, 0.05) is 23.2 Å². The minimum atomic E-state index is -0.169. The van der Waals surface area contributed by atoms with Crippen molar-refractivity contribution in [2.75, 3.05) is 27.9 Å². The van der Waals surface area contributed by atoms with Crippen LogP contribution in [0.5, 0.6) is 17.2 Å². The fourth-order valence-electron chi connectivity index (χ4n) is 3.80. The summed E-state index contributed by atoms with van der Waals surface area (Å²) in [7, 11) is 4.81. The quantitative estimate of drug-likeness (QED) is 0.734. The van der Waals surface area contributed by atoms with Gasteiger partial charge in [0.05, 0.1) is 34.4 Å². The maximum Gasteiger partial charge on any atom is 0.306 e. The fourth-order valence-corrected chi connectivity index (χ4v) is 3.80. The van der Waals surface area contributed by atoms with E-state index in [9.17, 15) is 4.79 Å². The summed E-state index contributed by atoms with van der Waals surface area (Å²) in [5.74, 6) is 1.71. The number of carbonyl (C=O) groups is 1. The number of benzene rings is 1. The molecule has 1 aliphatic carbocycles. The van der Waals surface area contributed by atoms with Gasteiger partial charge in [-0.2, -0.15) is 0 Å². The Morgan fingerprint density at radius 2 is 1.92 bits per heavy atom. The largest absolute Gasteiger partial charge is 0.493 e. The van der Waals surface area contributed by atoms with Crippen LogP contribution in [0.15, 0.2) is 12.3 Å². The molecule has 0 bridgehead atoms. The zero-order valence-corrected chi connectivity index (χ0v) is 15.8. The number of hydrogen-bond acceptors (Lipinski definition) is 6. The molecule has 1 heterocycles. The minimum absolute atomic E-state index is 0.0845. The summed E-state index contributed by atoms with van der Waals surface area (Å²) in [6.07, 6.45) is 5.03. The molecule has 0 aliphatic heterocycles. The summed E-state index contributed by atoms with van der Waals surface area (Å²) in [4.78, 5) is 16.7. The second-order valence-electron chi connectivity index (χ2n) is 6.33. The first kappa shape index (κ1) is 18.3. The number of hydrogen-bond donors (Lipinski definition) is 0. The van der Waals surface area contributed by atoms with E-state index in [-0.39, 0.29) is 11.9 Å². The Balaban J connectivity index is 2.13. The van der Waals surface area contributed by atoms with Crippen molar-refractivity contribution >= 4 is 16.7 Å². The van der Waals surface area contributed by atoms with Gasteiger partial charge in [0.25, 0.3) is 0 Å². The third-order valence-electron chi connectivity index (χ3n) is 4.92. The van der Waals surface area contributed by atoms with Crippen LogP contribution in [-0.4, -0.2) is 38.9 Å². The number of ether oxygens (including phenoxy) is 4. The highest BCUT2D eigenvalue weighted by Crippen LogP contribution is 2.46. The van der Waals surface area contributed by atoms with Crippen LogP contribution in [0.4, 0.5) is 0 Å². The lowest BCUT2D eigenvalue weighted by atomic mass is 9.82. The number of pyridine rings is 1. The zero-order valence-electron chi connectivity index (χ0n) is 15.8. The van der Waals surface area contributed by atoms with Crippen LogP contribution in [0, 0.1) is 0 Å². The molecule has 1 aliphatic rings. The van der Waals surface area contributed by atoms with E-state index >= 15 is 0 Å². The number of fused-ring (bicyclic) bond motifs is 3. The van der Waals surface area contributed by atoms with Gasteiger partial charge in [-0.1, -0.05) is 0 Å². The van der Waals surface area contributed by atoms with Crippen molar-refractivity contribution < 1.29 is 23.7 Å². The Kier molecular flexibility index (Phi) is 5.49. The van der Waals surface area contributed by atoms with Crippen LogP contribution in [-0.2, 0) is 16.0 Å². The van der Waals surface area contributed by atoms with Gasteiger partial charge in [0.1, 0.15) is 0 Å². The number of rotatable bonds is 6. The molecular formula is C20H25NO5. The summed E-state index contributed by atoms with van der Waals surface area (Å²) >= 11 is 0. The Hall–Kier alpha value is -2.50. The van der Waals surface area contributed by atoms with Crippen molar-refractivity contribution in [3.8, 4) is 17.2 Å². The predicted octanol–water partition coefficient (Wildman–Crippen LogP) is 3.63. The third kappa shape index (κ3) is 3.16. The molecule has 3 rings (SSSR count). The van der Waals surface area contributed by atoms with Crippen LogP contribution in [0.1, 0.15) is 43.4 Å². The van der Waals surface area contributed by atoms with Crippen LogP contribution < -0.4 is 14.2 Å². The normalized spacial score (nSPS) is 16.1. The van der Waals surface area contributed by atoms with Crippen molar-refractivity contribution in [1.29, 1.82) is 0 Å². The van der Waals surface area contributed by atoms with E-state index in [0.29, 0.717) is 30.3 Å². The Bertz CT molecular complexity index is 818. The van der Waals surface area contributed by atoms with Crippen molar-refractivity contribution in [1.82, 2.24) is 4.98 Å². The standard InChI is InChI=1S/C20H25NO5/c1-5-26-17(22)9-12-7-6-8-13-14-10-16(23-2)20(25-4)19(24-3)15(14)11-21-18(12)13/h10-12H,5-9H2,1-4H3. The van der Waals surface area contributed by atoms with Gasteiger partial charge in [0.2, 0.25) is 5.75 Å². The molecule has 6 heteroatoms. The van der Waals surface area contributed by atoms with Crippen molar-refractivity contribution in [3.63, 3.8) is 0 Å². The van der Waals surface area contributed by atoms with Crippen molar-refractivity contribution in [2.24, 2.45) is 0 Å². The van der Waals surface area contributed by atoms with E-state index in [1.54, 1.807) is 27.5 Å². The fraction of sp³-hybridized carbons (Fsp3) is 0.500. The second-order valence-corrected chi connectivity index (χ2v) is 6.33. The summed E-state index contributed by atoms with van der Waals surface area (Å²) in [6.45, 7) is 2.22. The van der Waals surface area contributed by atoms with E-state index in [4.69, 9.17) is 23.9 Å². The number of esters is 1. The van der Waals surface area contributed by atoms with Crippen LogP contribution in [0.3, 0.4) is 0 Å². The maximum absolute atomic E-state index is 12.0. The average Bonchev–Trinajstić information content (AvgIpc) is 2.66. The molecule has 0 amide bonds. The topological polar surface area (TPSA) is 66.9 Å². The number of nitrogens with zero attached hydrogens (tertiary/aromatic N) is 1. The Morgan fingerprint density at radius 1 is 1.15 bits per heavy atom. The van der Waals surface area contributed by atoms with Gasteiger partial charge in [-0.25, -0.2) is 0 Å². The van der Waals surface area contributed by atoms with E-state index < -0.39 is 0 Å². The molecule has 1 unspecified atom stereocenters. The second kappa shape index (κ2) is 7.81. The molecule has 1 aromatic carbocycles. The Labute approximate surface area is 153 Å². The van der Waals surface area contributed by atoms with Crippen LogP contribution in [0.25, 0.3) is 10.8 Å². The summed E-state index contributed by atoms with van der Waals surface area (Å²) in [6, 6.07) is 1.98. The van der Waals surface area contributed by atoms with E-state index in [2.05, 4.69) is 0 Å². The minimum Gasteiger partial charge on any atom is -0.493 e. The first-order valence-corrected chi connectivity index (χ1v) is 8.90. The van der Waals surface area contributed by atoms with Gasteiger partial charge in [0.15, 0.2) is 11.5 Å². The monoisotopic (exact) mass is 359 g/mol. The molecule has 26 heavy (non-hydrogen) atoms. The lowest BCUT2D eigenvalue weighted by Crippen LogP contribution is -2.17. The Morgan fingerprint density at radius 3 is 2.58 bits per heavy atom. The smallest absolute Gasteiger partial charge is 0.306 e. The lowest BCUT2D eigenvalue weighted by Gasteiger charge is -2.26. The first-order chi connectivity index (χ1) is 12.6. The maximum atomic E-state index is 12.0. The highest BCUT2D eigenvalue weighted by atomic mass is 16.5. The molecule has 2 aromatic rings. The molecule has 6 nitrogen and oxygen atoms in total. The van der Waals surface area contributed by atoms with Gasteiger partial charge < -0.3 is 18.9 Å². The summed E-state index contributed by atoms with van der Waals surface area (Å²) in [5.41, 5.74) is 2.13. The lowest BCUT2D eigenvalue weighted by molar-refractivity contribution is -0.143. The third-order valence-corrected chi connectivity index (χ3v) is 4.92. The first-order valence-electron chi connectivity index (χ1n) is 8.90. The molecule has 1 aromatic heterocycles. The molecule has 0 spiro atoms. The molecule has 140 valence electrons.